The largest absolute Gasteiger partial charge is 0.376 e. The molecule has 0 aliphatic carbocycles. The Morgan fingerprint density at radius 2 is 1.80 bits per heavy atom. The first-order valence-corrected chi connectivity index (χ1v) is 9.89. The summed E-state index contributed by atoms with van der Waals surface area (Å²) in [6.45, 7) is 5.02. The molecule has 3 rings (SSSR count). The number of hydrogen-bond donors (Lipinski definition) is 2. The molecule has 6 nitrogen and oxygen atoms in total. The molecule has 0 saturated carbocycles. The molecule has 0 bridgehead atoms. The molecule has 2 N–H and O–H groups in total. The Morgan fingerprint density at radius 3 is 2.47 bits per heavy atom. The number of nitrogens with one attached hydrogen (secondary N) is 2. The SMILES string of the molecule is CN=C(NCc1ccc(-n2cccn2)cc1)NCC(C)COCc1ccccc1.I. The first-order chi connectivity index (χ1) is 14.2. The Morgan fingerprint density at radius 1 is 1.03 bits per heavy atom. The van der Waals surface area contributed by atoms with Crippen molar-refractivity contribution in [2.24, 2.45) is 10.9 Å². The number of hydrogen-bond acceptors (Lipinski definition) is 3. The Balaban J connectivity index is 0.00000320. The Labute approximate surface area is 195 Å². The van der Waals surface area contributed by atoms with Gasteiger partial charge < -0.3 is 15.4 Å². The highest BCUT2D eigenvalue weighted by Gasteiger charge is 2.05. The number of benzene rings is 2. The van der Waals surface area contributed by atoms with Gasteiger partial charge in [-0.05, 0) is 35.2 Å². The Kier molecular flexibility index (Phi) is 10.4. The fourth-order valence-corrected chi connectivity index (χ4v) is 2.88. The predicted octanol–water partition coefficient (Wildman–Crippen LogP) is 4.01. The standard InChI is InChI=1S/C23H29N5O.HI/c1-19(17-29-18-21-7-4-3-5-8-21)15-25-23(24-2)26-16-20-9-11-22(12-10-20)28-14-6-13-27-28;/h3-14,19H,15-18H2,1-2H3,(H2,24,25,26);1H. The van der Waals surface area contributed by atoms with E-state index in [9.17, 15) is 0 Å². The number of ether oxygens (including phenoxy) is 1. The fourth-order valence-electron chi connectivity index (χ4n) is 2.88. The summed E-state index contributed by atoms with van der Waals surface area (Å²) < 4.78 is 7.66. The van der Waals surface area contributed by atoms with Crippen molar-refractivity contribution < 1.29 is 4.74 Å². The maximum absolute atomic E-state index is 5.81. The molecule has 2 aromatic carbocycles. The molecule has 1 atom stereocenters. The van der Waals surface area contributed by atoms with Crippen molar-refractivity contribution in [3.05, 3.63) is 84.2 Å². The maximum Gasteiger partial charge on any atom is 0.191 e. The van der Waals surface area contributed by atoms with Crippen molar-refractivity contribution in [2.45, 2.75) is 20.1 Å². The van der Waals surface area contributed by atoms with E-state index >= 15 is 0 Å². The van der Waals surface area contributed by atoms with Gasteiger partial charge in [-0.1, -0.05) is 49.4 Å². The zero-order valence-electron chi connectivity index (χ0n) is 17.5. The summed E-state index contributed by atoms with van der Waals surface area (Å²) in [5, 5.41) is 11.0. The lowest BCUT2D eigenvalue weighted by atomic mass is 10.2. The van der Waals surface area contributed by atoms with Crippen molar-refractivity contribution >= 4 is 29.9 Å². The minimum Gasteiger partial charge on any atom is -0.376 e. The molecule has 1 heterocycles. The van der Waals surface area contributed by atoms with Crippen molar-refractivity contribution in [3.8, 4) is 5.69 Å². The van der Waals surface area contributed by atoms with Crippen molar-refractivity contribution in [3.63, 3.8) is 0 Å². The van der Waals surface area contributed by atoms with E-state index in [1.807, 2.05) is 35.1 Å². The molecule has 0 saturated heterocycles. The third-order valence-electron chi connectivity index (χ3n) is 4.52. The third-order valence-corrected chi connectivity index (χ3v) is 4.52. The number of halogens is 1. The summed E-state index contributed by atoms with van der Waals surface area (Å²) in [7, 11) is 1.78. The highest BCUT2D eigenvalue weighted by molar-refractivity contribution is 14.0. The van der Waals surface area contributed by atoms with Gasteiger partial charge in [-0.25, -0.2) is 4.68 Å². The Bertz CT molecular complexity index is 866. The zero-order chi connectivity index (χ0) is 20.3. The second-order valence-corrected chi connectivity index (χ2v) is 7.03. The van der Waals surface area contributed by atoms with Crippen molar-refractivity contribution in [1.29, 1.82) is 0 Å². The number of aromatic nitrogens is 2. The summed E-state index contributed by atoms with van der Waals surface area (Å²) in [5.74, 6) is 1.17. The third kappa shape index (κ3) is 7.79. The second-order valence-electron chi connectivity index (χ2n) is 7.03. The quantitative estimate of drug-likeness (QED) is 0.255. The van der Waals surface area contributed by atoms with E-state index in [2.05, 4.69) is 64.0 Å². The van der Waals surface area contributed by atoms with Crippen LogP contribution in [0.1, 0.15) is 18.1 Å². The highest BCUT2D eigenvalue weighted by atomic mass is 127. The average molecular weight is 519 g/mol. The van der Waals surface area contributed by atoms with E-state index in [1.165, 1.54) is 11.1 Å². The lowest BCUT2D eigenvalue weighted by molar-refractivity contribution is 0.0931. The predicted molar refractivity (Wildman–Crippen MR) is 132 cm³/mol. The molecule has 3 aromatic rings. The lowest BCUT2D eigenvalue weighted by Crippen LogP contribution is -2.39. The number of nitrogens with zero attached hydrogens (tertiary/aromatic N) is 3. The monoisotopic (exact) mass is 519 g/mol. The van der Waals surface area contributed by atoms with Crippen LogP contribution in [0.5, 0.6) is 0 Å². The topological polar surface area (TPSA) is 63.5 Å². The maximum atomic E-state index is 5.81. The molecule has 160 valence electrons. The molecular formula is C23H30IN5O. The zero-order valence-corrected chi connectivity index (χ0v) is 19.8. The van der Waals surface area contributed by atoms with E-state index < -0.39 is 0 Å². The van der Waals surface area contributed by atoms with Gasteiger partial charge in [-0.15, -0.1) is 24.0 Å². The van der Waals surface area contributed by atoms with Gasteiger partial charge in [0.25, 0.3) is 0 Å². The van der Waals surface area contributed by atoms with Gasteiger partial charge in [0.1, 0.15) is 0 Å². The van der Waals surface area contributed by atoms with E-state index in [4.69, 9.17) is 4.74 Å². The first-order valence-electron chi connectivity index (χ1n) is 9.89. The van der Waals surface area contributed by atoms with Crippen molar-refractivity contribution in [2.75, 3.05) is 20.2 Å². The summed E-state index contributed by atoms with van der Waals surface area (Å²) in [5.41, 5.74) is 3.43. The fraction of sp³-hybridized carbons (Fsp3) is 0.304. The highest BCUT2D eigenvalue weighted by Crippen LogP contribution is 2.08. The average Bonchev–Trinajstić information content (AvgIpc) is 3.30. The van der Waals surface area contributed by atoms with Crippen LogP contribution in [0.15, 0.2) is 78.0 Å². The van der Waals surface area contributed by atoms with Crippen LogP contribution in [-0.4, -0.2) is 35.9 Å². The van der Waals surface area contributed by atoms with Gasteiger partial charge in [0.15, 0.2) is 5.96 Å². The molecule has 0 fully saturated rings. The van der Waals surface area contributed by atoms with Crippen LogP contribution < -0.4 is 10.6 Å². The van der Waals surface area contributed by atoms with Gasteiger partial charge in [-0.2, -0.15) is 5.10 Å². The van der Waals surface area contributed by atoms with E-state index in [-0.39, 0.29) is 24.0 Å². The second kappa shape index (κ2) is 13.0. The molecule has 1 unspecified atom stereocenters. The number of rotatable bonds is 9. The molecule has 1 aromatic heterocycles. The van der Waals surface area contributed by atoms with Crippen molar-refractivity contribution in [1.82, 2.24) is 20.4 Å². The summed E-state index contributed by atoms with van der Waals surface area (Å²) >= 11 is 0. The van der Waals surface area contributed by atoms with Crippen LogP contribution in [0.2, 0.25) is 0 Å². The smallest absolute Gasteiger partial charge is 0.191 e. The normalized spacial score (nSPS) is 12.1. The van der Waals surface area contributed by atoms with Gasteiger partial charge in [-0.3, -0.25) is 4.99 Å². The van der Waals surface area contributed by atoms with E-state index in [0.717, 1.165) is 18.2 Å². The van der Waals surface area contributed by atoms with Gasteiger partial charge in [0, 0.05) is 32.5 Å². The van der Waals surface area contributed by atoms with Crippen LogP contribution >= 0.6 is 24.0 Å². The summed E-state index contributed by atoms with van der Waals surface area (Å²) in [6.07, 6.45) is 3.71. The summed E-state index contributed by atoms with van der Waals surface area (Å²) in [6, 6.07) is 20.5. The molecule has 7 heteroatoms. The van der Waals surface area contributed by atoms with Gasteiger partial charge in [0.2, 0.25) is 0 Å². The minimum atomic E-state index is 0. The lowest BCUT2D eigenvalue weighted by Gasteiger charge is -2.16. The van der Waals surface area contributed by atoms with Gasteiger partial charge in [0.05, 0.1) is 18.9 Å². The first kappa shape index (κ1) is 23.9. The van der Waals surface area contributed by atoms with Crippen LogP contribution in [-0.2, 0) is 17.9 Å². The molecule has 0 amide bonds. The van der Waals surface area contributed by atoms with Crippen LogP contribution in [0.25, 0.3) is 5.69 Å². The number of guanidine groups is 1. The van der Waals surface area contributed by atoms with E-state index in [0.29, 0.717) is 25.7 Å². The molecular weight excluding hydrogens is 489 g/mol. The molecule has 0 aliphatic rings. The molecule has 0 radical (unpaired) electrons. The Hall–Kier alpha value is -2.39. The van der Waals surface area contributed by atoms with Crippen LogP contribution in [0.4, 0.5) is 0 Å². The van der Waals surface area contributed by atoms with Gasteiger partial charge >= 0.3 is 0 Å². The molecule has 0 aliphatic heterocycles. The number of aliphatic imine (C=N–C) groups is 1. The van der Waals surface area contributed by atoms with E-state index in [1.54, 1.807) is 13.2 Å². The molecule has 30 heavy (non-hydrogen) atoms. The van der Waals surface area contributed by atoms with Crippen LogP contribution in [0.3, 0.4) is 0 Å². The molecule has 0 spiro atoms. The van der Waals surface area contributed by atoms with Crippen LogP contribution in [0, 0.1) is 5.92 Å². The minimum absolute atomic E-state index is 0. The summed E-state index contributed by atoms with van der Waals surface area (Å²) in [4.78, 5) is 4.30.